The average molecular weight is 389 g/mol. The van der Waals surface area contributed by atoms with Crippen molar-refractivity contribution in [2.24, 2.45) is 5.92 Å². The zero-order chi connectivity index (χ0) is 20.4. The van der Waals surface area contributed by atoms with E-state index in [2.05, 4.69) is 0 Å². The van der Waals surface area contributed by atoms with Gasteiger partial charge < -0.3 is 14.9 Å². The molecule has 2 fully saturated rings. The molecular formula is C19H23N3O6. The number of likely N-dealkylation sites (tertiary alicyclic amines) is 2. The molecule has 0 aromatic heterocycles. The van der Waals surface area contributed by atoms with Gasteiger partial charge in [-0.25, -0.2) is 0 Å². The third kappa shape index (κ3) is 3.83. The summed E-state index contributed by atoms with van der Waals surface area (Å²) in [6.07, 6.45) is 2.11. The van der Waals surface area contributed by atoms with E-state index in [1.165, 1.54) is 23.1 Å². The van der Waals surface area contributed by atoms with Gasteiger partial charge in [-0.3, -0.25) is 24.5 Å². The maximum Gasteiger partial charge on any atom is 0.306 e. The van der Waals surface area contributed by atoms with Gasteiger partial charge in [-0.2, -0.15) is 0 Å². The van der Waals surface area contributed by atoms with Crippen LogP contribution in [0.2, 0.25) is 0 Å². The minimum Gasteiger partial charge on any atom is -0.481 e. The summed E-state index contributed by atoms with van der Waals surface area (Å²) in [5, 5.41) is 20.1. The first-order chi connectivity index (χ1) is 13.3. The second-order valence-corrected chi connectivity index (χ2v) is 7.35. The van der Waals surface area contributed by atoms with Crippen molar-refractivity contribution in [2.75, 3.05) is 19.6 Å². The number of carbonyl (C=O) groups is 3. The van der Waals surface area contributed by atoms with Crippen LogP contribution >= 0.6 is 0 Å². The molecule has 1 N–H and O–H groups in total. The van der Waals surface area contributed by atoms with Crippen molar-refractivity contribution in [3.05, 3.63) is 39.4 Å². The van der Waals surface area contributed by atoms with Crippen LogP contribution in [-0.2, 0) is 9.59 Å². The number of amides is 2. The first-order valence-electron chi connectivity index (χ1n) is 9.37. The summed E-state index contributed by atoms with van der Waals surface area (Å²) < 4.78 is 0. The normalized spacial score (nSPS) is 20.2. The molecule has 0 bridgehead atoms. The number of nitrogens with zero attached hydrogens (tertiary/aromatic N) is 3. The number of rotatable bonds is 4. The zero-order valence-electron chi connectivity index (χ0n) is 15.7. The molecule has 0 radical (unpaired) electrons. The molecule has 2 saturated heterocycles. The van der Waals surface area contributed by atoms with Gasteiger partial charge in [0.25, 0.3) is 11.6 Å². The Kier molecular flexibility index (Phi) is 5.62. The first kappa shape index (κ1) is 19.8. The van der Waals surface area contributed by atoms with Crippen LogP contribution in [0.25, 0.3) is 0 Å². The SMILES string of the molecule is Cc1cc(C(=O)N2CCCC2C(=O)N2CCC(C(=O)O)CC2)ccc1[N+](=O)[O-]. The largest absolute Gasteiger partial charge is 0.481 e. The van der Waals surface area contributed by atoms with Gasteiger partial charge in [0.15, 0.2) is 0 Å². The number of nitro benzene ring substituents is 1. The Hall–Kier alpha value is -2.97. The van der Waals surface area contributed by atoms with Crippen molar-refractivity contribution in [1.82, 2.24) is 9.80 Å². The van der Waals surface area contributed by atoms with Crippen LogP contribution in [0.4, 0.5) is 5.69 Å². The van der Waals surface area contributed by atoms with E-state index >= 15 is 0 Å². The van der Waals surface area contributed by atoms with Crippen LogP contribution in [0.15, 0.2) is 18.2 Å². The third-order valence-corrected chi connectivity index (χ3v) is 5.60. The van der Waals surface area contributed by atoms with Crippen molar-refractivity contribution < 1.29 is 24.4 Å². The molecule has 9 heteroatoms. The van der Waals surface area contributed by atoms with E-state index in [1.54, 1.807) is 11.8 Å². The summed E-state index contributed by atoms with van der Waals surface area (Å²) in [7, 11) is 0. The Morgan fingerprint density at radius 3 is 2.39 bits per heavy atom. The molecular weight excluding hydrogens is 366 g/mol. The fourth-order valence-electron chi connectivity index (χ4n) is 3.98. The topological polar surface area (TPSA) is 121 Å². The third-order valence-electron chi connectivity index (χ3n) is 5.60. The lowest BCUT2D eigenvalue weighted by molar-refractivity contribution is -0.385. The van der Waals surface area contributed by atoms with Crippen LogP contribution < -0.4 is 0 Å². The molecule has 0 saturated carbocycles. The molecule has 9 nitrogen and oxygen atoms in total. The van der Waals surface area contributed by atoms with E-state index < -0.39 is 22.9 Å². The molecule has 0 spiro atoms. The fraction of sp³-hybridized carbons (Fsp3) is 0.526. The van der Waals surface area contributed by atoms with E-state index in [0.29, 0.717) is 56.4 Å². The predicted molar refractivity (Wildman–Crippen MR) is 98.8 cm³/mol. The first-order valence-corrected chi connectivity index (χ1v) is 9.37. The van der Waals surface area contributed by atoms with Crippen LogP contribution in [-0.4, -0.2) is 63.3 Å². The number of carboxylic acid groups (broad SMARTS) is 1. The van der Waals surface area contributed by atoms with Crippen LogP contribution in [0, 0.1) is 23.0 Å². The van der Waals surface area contributed by atoms with Crippen LogP contribution in [0.5, 0.6) is 0 Å². The summed E-state index contributed by atoms with van der Waals surface area (Å²) in [5.74, 6) is -1.71. The number of nitro groups is 1. The minimum absolute atomic E-state index is 0.0492. The summed E-state index contributed by atoms with van der Waals surface area (Å²) >= 11 is 0. The summed E-state index contributed by atoms with van der Waals surface area (Å²) in [6, 6.07) is 3.65. The lowest BCUT2D eigenvalue weighted by atomic mass is 9.96. The molecule has 3 rings (SSSR count). The average Bonchev–Trinajstić information content (AvgIpc) is 3.16. The molecule has 1 unspecified atom stereocenters. The van der Waals surface area contributed by atoms with E-state index in [0.717, 1.165) is 0 Å². The molecule has 1 aromatic rings. The number of carboxylic acids is 1. The minimum atomic E-state index is -0.835. The highest BCUT2D eigenvalue weighted by molar-refractivity contribution is 5.98. The highest BCUT2D eigenvalue weighted by atomic mass is 16.6. The Morgan fingerprint density at radius 2 is 1.82 bits per heavy atom. The van der Waals surface area contributed by atoms with E-state index in [4.69, 9.17) is 5.11 Å². The number of aryl methyl sites for hydroxylation is 1. The van der Waals surface area contributed by atoms with Crippen LogP contribution in [0.1, 0.15) is 41.6 Å². The molecule has 28 heavy (non-hydrogen) atoms. The van der Waals surface area contributed by atoms with Gasteiger partial charge in [0.1, 0.15) is 6.04 Å². The van der Waals surface area contributed by atoms with Gasteiger partial charge >= 0.3 is 5.97 Å². The van der Waals surface area contributed by atoms with Crippen molar-refractivity contribution >= 4 is 23.5 Å². The van der Waals surface area contributed by atoms with Gasteiger partial charge in [0.2, 0.25) is 5.91 Å². The van der Waals surface area contributed by atoms with Crippen molar-refractivity contribution in [3.63, 3.8) is 0 Å². The second-order valence-electron chi connectivity index (χ2n) is 7.35. The van der Waals surface area contributed by atoms with Crippen molar-refractivity contribution in [3.8, 4) is 0 Å². The number of aliphatic carboxylic acids is 1. The summed E-state index contributed by atoms with van der Waals surface area (Å²) in [5.41, 5.74) is 0.674. The van der Waals surface area contributed by atoms with Gasteiger partial charge in [-0.1, -0.05) is 0 Å². The lowest BCUT2D eigenvalue weighted by Gasteiger charge is -2.34. The quantitative estimate of drug-likeness (QED) is 0.619. The maximum atomic E-state index is 12.9. The Bertz CT molecular complexity index is 816. The number of hydrogen-bond donors (Lipinski definition) is 1. The van der Waals surface area contributed by atoms with Crippen molar-refractivity contribution in [2.45, 2.75) is 38.6 Å². The molecule has 2 aliphatic heterocycles. The van der Waals surface area contributed by atoms with Crippen molar-refractivity contribution in [1.29, 1.82) is 0 Å². The number of hydrogen-bond acceptors (Lipinski definition) is 5. The molecule has 2 amide bonds. The Morgan fingerprint density at radius 1 is 1.14 bits per heavy atom. The Balaban J connectivity index is 1.71. The summed E-state index contributed by atoms with van der Waals surface area (Å²) in [4.78, 5) is 50.6. The van der Waals surface area contributed by atoms with Gasteiger partial charge in [-0.15, -0.1) is 0 Å². The molecule has 2 aliphatic rings. The van der Waals surface area contributed by atoms with E-state index in [1.807, 2.05) is 0 Å². The summed E-state index contributed by atoms with van der Waals surface area (Å²) in [6.45, 7) is 2.79. The number of piperidine rings is 1. The molecule has 1 atom stereocenters. The van der Waals surface area contributed by atoms with E-state index in [-0.39, 0.29) is 17.5 Å². The van der Waals surface area contributed by atoms with Crippen LogP contribution in [0.3, 0.4) is 0 Å². The second kappa shape index (κ2) is 7.95. The number of carbonyl (C=O) groups excluding carboxylic acids is 2. The predicted octanol–water partition coefficient (Wildman–Crippen LogP) is 1.83. The highest BCUT2D eigenvalue weighted by Gasteiger charge is 2.38. The molecule has 1 aromatic carbocycles. The van der Waals surface area contributed by atoms with Gasteiger partial charge in [-0.05, 0) is 44.7 Å². The van der Waals surface area contributed by atoms with Gasteiger partial charge in [0, 0.05) is 36.8 Å². The highest BCUT2D eigenvalue weighted by Crippen LogP contribution is 2.26. The smallest absolute Gasteiger partial charge is 0.306 e. The fourth-order valence-corrected chi connectivity index (χ4v) is 3.98. The molecule has 0 aliphatic carbocycles. The lowest BCUT2D eigenvalue weighted by Crippen LogP contribution is -2.50. The zero-order valence-corrected chi connectivity index (χ0v) is 15.7. The standard InChI is InChI=1S/C19H23N3O6/c1-12-11-14(4-5-15(12)22(27)28)17(23)21-8-2-3-16(21)18(24)20-9-6-13(7-10-20)19(25)26/h4-5,11,13,16H,2-3,6-10H2,1H3,(H,25,26). The monoisotopic (exact) mass is 389 g/mol. The number of benzene rings is 1. The van der Waals surface area contributed by atoms with Gasteiger partial charge in [0.05, 0.1) is 10.8 Å². The van der Waals surface area contributed by atoms with E-state index in [9.17, 15) is 24.5 Å². The molecule has 150 valence electrons. The Labute approximate surface area is 162 Å². The maximum absolute atomic E-state index is 12.9. The molecule has 2 heterocycles.